The largest absolute Gasteiger partial charge is 0.490 e. The van der Waals surface area contributed by atoms with Crippen LogP contribution in [0.25, 0.3) is 6.08 Å². The maximum absolute atomic E-state index is 12.9. The van der Waals surface area contributed by atoms with E-state index in [9.17, 15) is 4.79 Å². The lowest BCUT2D eigenvalue weighted by Crippen LogP contribution is -2.11. The number of carbonyl (C=O) groups is 1. The van der Waals surface area contributed by atoms with E-state index in [2.05, 4.69) is 17.4 Å². The van der Waals surface area contributed by atoms with Crippen LogP contribution in [0.15, 0.2) is 76.5 Å². The van der Waals surface area contributed by atoms with Crippen molar-refractivity contribution in [2.75, 3.05) is 11.9 Å². The summed E-state index contributed by atoms with van der Waals surface area (Å²) in [6.07, 6.45) is 8.37. The number of fused-ring (bicyclic) bond motifs is 2. The van der Waals surface area contributed by atoms with E-state index < -0.39 is 0 Å². The van der Waals surface area contributed by atoms with Gasteiger partial charge in [-0.1, -0.05) is 36.0 Å². The van der Waals surface area contributed by atoms with Gasteiger partial charge in [0.1, 0.15) is 0 Å². The molecule has 5 rings (SSSR count). The van der Waals surface area contributed by atoms with Crippen LogP contribution < -0.4 is 14.8 Å². The maximum Gasteiger partial charge on any atom is 0.185 e. The number of rotatable bonds is 7. The van der Waals surface area contributed by atoms with Gasteiger partial charge in [0.15, 0.2) is 17.3 Å². The quantitative estimate of drug-likeness (QED) is 0.230. The number of anilines is 2. The summed E-state index contributed by atoms with van der Waals surface area (Å²) >= 11 is 1.71. The standard InChI is InChI=1S/C28H27NO3S/c1-2-31-26-17-19(12-15-25(26)32-21-7-3-4-8-21)11-14-24(30)20-13-16-28-23(18-20)29-22-9-5-6-10-27(22)33-28/h5-6,9-18,21,29H,2-4,7-8H2,1H3/b14-11+. The van der Waals surface area contributed by atoms with Crippen molar-refractivity contribution in [3.63, 3.8) is 0 Å². The molecule has 3 aromatic carbocycles. The van der Waals surface area contributed by atoms with Gasteiger partial charge < -0.3 is 14.8 Å². The number of hydrogen-bond acceptors (Lipinski definition) is 5. The summed E-state index contributed by atoms with van der Waals surface area (Å²) < 4.78 is 12.0. The number of hydrogen-bond donors (Lipinski definition) is 1. The topological polar surface area (TPSA) is 47.6 Å². The van der Waals surface area contributed by atoms with Crippen LogP contribution in [0.3, 0.4) is 0 Å². The first-order valence-electron chi connectivity index (χ1n) is 11.5. The monoisotopic (exact) mass is 457 g/mol. The summed E-state index contributed by atoms with van der Waals surface area (Å²) in [6, 6.07) is 19.9. The third-order valence-corrected chi connectivity index (χ3v) is 7.08. The molecule has 1 aliphatic heterocycles. The molecule has 0 radical (unpaired) electrons. The molecule has 0 bridgehead atoms. The van der Waals surface area contributed by atoms with Crippen molar-refractivity contribution >= 4 is 35.0 Å². The molecule has 2 aliphatic rings. The number of ketones is 1. The van der Waals surface area contributed by atoms with Crippen LogP contribution in [0, 0.1) is 0 Å². The van der Waals surface area contributed by atoms with Gasteiger partial charge in [-0.25, -0.2) is 0 Å². The van der Waals surface area contributed by atoms with Crippen molar-refractivity contribution in [3.05, 3.63) is 77.9 Å². The first-order valence-corrected chi connectivity index (χ1v) is 12.3. The Morgan fingerprint density at radius 1 is 1.00 bits per heavy atom. The van der Waals surface area contributed by atoms with Crippen molar-refractivity contribution in [3.8, 4) is 11.5 Å². The molecule has 1 heterocycles. The number of ether oxygens (including phenoxy) is 2. The van der Waals surface area contributed by atoms with Gasteiger partial charge in [0.2, 0.25) is 0 Å². The molecule has 1 N–H and O–H groups in total. The Balaban J connectivity index is 1.31. The van der Waals surface area contributed by atoms with Crippen LogP contribution >= 0.6 is 11.8 Å². The van der Waals surface area contributed by atoms with Crippen molar-refractivity contribution < 1.29 is 14.3 Å². The molecule has 1 fully saturated rings. The van der Waals surface area contributed by atoms with E-state index in [1.165, 1.54) is 17.7 Å². The maximum atomic E-state index is 12.9. The van der Waals surface area contributed by atoms with Crippen LogP contribution in [0.4, 0.5) is 11.4 Å². The van der Waals surface area contributed by atoms with Crippen LogP contribution in [0.1, 0.15) is 48.5 Å². The lowest BCUT2D eigenvalue weighted by molar-refractivity contribution is 0.104. The van der Waals surface area contributed by atoms with E-state index in [0.29, 0.717) is 12.2 Å². The van der Waals surface area contributed by atoms with Crippen LogP contribution in [-0.2, 0) is 0 Å². The number of carbonyl (C=O) groups excluding carboxylic acids is 1. The molecule has 0 spiro atoms. The molecule has 3 aromatic rings. The fraction of sp³-hybridized carbons (Fsp3) is 0.250. The van der Waals surface area contributed by atoms with E-state index in [1.54, 1.807) is 17.8 Å². The van der Waals surface area contributed by atoms with Gasteiger partial charge in [0.25, 0.3) is 0 Å². The molecule has 1 aliphatic carbocycles. The molecule has 0 amide bonds. The van der Waals surface area contributed by atoms with E-state index >= 15 is 0 Å². The molecule has 0 aromatic heterocycles. The SMILES string of the molecule is CCOc1cc(/C=C/C(=O)c2ccc3c(c2)Nc2ccccc2S3)ccc1OC1CCCC1. The fourth-order valence-corrected chi connectivity index (χ4v) is 5.21. The van der Waals surface area contributed by atoms with Crippen LogP contribution in [0.2, 0.25) is 0 Å². The zero-order valence-corrected chi connectivity index (χ0v) is 19.5. The minimum Gasteiger partial charge on any atom is -0.490 e. The van der Waals surface area contributed by atoms with Crippen molar-refractivity contribution in [1.29, 1.82) is 0 Å². The summed E-state index contributed by atoms with van der Waals surface area (Å²) in [7, 11) is 0. The fourth-order valence-electron chi connectivity index (χ4n) is 4.24. The lowest BCUT2D eigenvalue weighted by Gasteiger charge is -2.20. The Labute approximate surface area is 199 Å². The predicted molar refractivity (Wildman–Crippen MR) is 134 cm³/mol. The predicted octanol–water partition coefficient (Wildman–Crippen LogP) is 7.51. The number of benzene rings is 3. The molecule has 0 saturated heterocycles. The van der Waals surface area contributed by atoms with Crippen molar-refractivity contribution in [2.24, 2.45) is 0 Å². The van der Waals surface area contributed by atoms with Gasteiger partial charge >= 0.3 is 0 Å². The smallest absolute Gasteiger partial charge is 0.185 e. The highest BCUT2D eigenvalue weighted by Crippen LogP contribution is 2.44. The molecular formula is C28H27NO3S. The molecule has 0 unspecified atom stereocenters. The second kappa shape index (κ2) is 9.75. The summed E-state index contributed by atoms with van der Waals surface area (Å²) in [5.74, 6) is 1.48. The van der Waals surface area contributed by atoms with E-state index in [1.807, 2.05) is 61.5 Å². The molecule has 168 valence electrons. The highest BCUT2D eigenvalue weighted by atomic mass is 32.2. The van der Waals surface area contributed by atoms with Gasteiger partial charge in [0.05, 0.1) is 24.1 Å². The van der Waals surface area contributed by atoms with Gasteiger partial charge in [-0.2, -0.15) is 0 Å². The lowest BCUT2D eigenvalue weighted by atomic mass is 10.1. The summed E-state index contributed by atoms with van der Waals surface area (Å²) in [5, 5.41) is 3.44. The minimum atomic E-state index is -0.0345. The van der Waals surface area contributed by atoms with Gasteiger partial charge in [-0.05, 0) is 86.7 Å². The summed E-state index contributed by atoms with van der Waals surface area (Å²) in [6.45, 7) is 2.53. The second-order valence-electron chi connectivity index (χ2n) is 8.30. The molecule has 0 atom stereocenters. The third kappa shape index (κ3) is 4.93. The molecule has 4 nitrogen and oxygen atoms in total. The highest BCUT2D eigenvalue weighted by Gasteiger charge is 2.19. The third-order valence-electron chi connectivity index (χ3n) is 5.93. The number of allylic oxidation sites excluding steroid dienone is 1. The Morgan fingerprint density at radius 2 is 1.82 bits per heavy atom. The average Bonchev–Trinajstić information content (AvgIpc) is 3.35. The van der Waals surface area contributed by atoms with Crippen LogP contribution in [0.5, 0.6) is 11.5 Å². The normalized spacial score (nSPS) is 15.1. The van der Waals surface area contributed by atoms with E-state index in [0.717, 1.165) is 46.2 Å². The van der Waals surface area contributed by atoms with E-state index in [-0.39, 0.29) is 11.9 Å². The Hall–Kier alpha value is -3.18. The number of para-hydroxylation sites is 1. The van der Waals surface area contributed by atoms with Crippen LogP contribution in [-0.4, -0.2) is 18.5 Å². The first kappa shape index (κ1) is 21.7. The Morgan fingerprint density at radius 3 is 2.67 bits per heavy atom. The highest BCUT2D eigenvalue weighted by molar-refractivity contribution is 7.99. The zero-order valence-electron chi connectivity index (χ0n) is 18.7. The second-order valence-corrected chi connectivity index (χ2v) is 9.38. The van der Waals surface area contributed by atoms with Crippen molar-refractivity contribution in [2.45, 2.75) is 48.5 Å². The van der Waals surface area contributed by atoms with Gasteiger partial charge in [-0.3, -0.25) is 4.79 Å². The Kier molecular flexibility index (Phi) is 6.40. The molecular weight excluding hydrogens is 430 g/mol. The molecule has 33 heavy (non-hydrogen) atoms. The van der Waals surface area contributed by atoms with Gasteiger partial charge in [0, 0.05) is 15.4 Å². The molecule has 5 heteroatoms. The average molecular weight is 458 g/mol. The summed E-state index contributed by atoms with van der Waals surface area (Å²) in [4.78, 5) is 15.2. The molecule has 1 saturated carbocycles. The minimum absolute atomic E-state index is 0.0345. The van der Waals surface area contributed by atoms with E-state index in [4.69, 9.17) is 9.47 Å². The first-order chi connectivity index (χ1) is 16.2. The zero-order chi connectivity index (χ0) is 22.6. The summed E-state index contributed by atoms with van der Waals surface area (Å²) in [5.41, 5.74) is 3.60. The number of nitrogens with one attached hydrogen (secondary N) is 1. The van der Waals surface area contributed by atoms with Crippen molar-refractivity contribution in [1.82, 2.24) is 0 Å². The Bertz CT molecular complexity index is 1200. The van der Waals surface area contributed by atoms with Gasteiger partial charge in [-0.15, -0.1) is 0 Å².